The maximum Gasteiger partial charge on any atom is 0.242 e. The number of methoxy groups -OCH3 is 1. The van der Waals surface area contributed by atoms with Crippen molar-refractivity contribution in [3.63, 3.8) is 0 Å². The van der Waals surface area contributed by atoms with E-state index in [0.29, 0.717) is 12.5 Å². The molecular formula is C14H21BrN2O2. The molecule has 1 amide bonds. The van der Waals surface area contributed by atoms with Gasteiger partial charge in [0.1, 0.15) is 11.8 Å². The summed E-state index contributed by atoms with van der Waals surface area (Å²) in [5.41, 5.74) is 0.854. The Morgan fingerprint density at radius 1 is 1.37 bits per heavy atom. The molecule has 0 spiro atoms. The topological polar surface area (TPSA) is 50.4 Å². The molecule has 1 unspecified atom stereocenters. The molecular weight excluding hydrogens is 308 g/mol. The number of carbonyl (C=O) groups excluding carboxylic acids is 1. The predicted molar refractivity (Wildman–Crippen MR) is 81.6 cm³/mol. The second-order valence-corrected chi connectivity index (χ2v) is 5.71. The number of hydrogen-bond acceptors (Lipinski definition) is 3. The molecule has 4 nitrogen and oxygen atoms in total. The van der Waals surface area contributed by atoms with Crippen LogP contribution in [0.2, 0.25) is 0 Å². The van der Waals surface area contributed by atoms with Crippen LogP contribution in [0.25, 0.3) is 0 Å². The van der Waals surface area contributed by atoms with Crippen LogP contribution in [0.4, 0.5) is 5.69 Å². The minimum Gasteiger partial charge on any atom is -0.495 e. The number of amides is 1. The minimum atomic E-state index is -0.287. The van der Waals surface area contributed by atoms with Gasteiger partial charge in [-0.15, -0.1) is 0 Å². The van der Waals surface area contributed by atoms with Crippen molar-refractivity contribution in [1.82, 2.24) is 5.32 Å². The molecule has 0 radical (unpaired) electrons. The highest BCUT2D eigenvalue weighted by Crippen LogP contribution is 2.28. The summed E-state index contributed by atoms with van der Waals surface area (Å²) in [5.74, 6) is 1.18. The number of halogens is 1. The number of nitrogens with one attached hydrogen (secondary N) is 2. The Labute approximate surface area is 123 Å². The zero-order chi connectivity index (χ0) is 14.4. The van der Waals surface area contributed by atoms with Crippen LogP contribution >= 0.6 is 15.9 Å². The normalized spacial score (nSPS) is 12.1. The highest BCUT2D eigenvalue weighted by atomic mass is 79.9. The SMILES string of the molecule is COc1cc(NC(C)C(=O)NCC(C)C)ccc1Br. The van der Waals surface area contributed by atoms with E-state index in [1.807, 2.05) is 25.1 Å². The first-order chi connectivity index (χ1) is 8.93. The zero-order valence-corrected chi connectivity index (χ0v) is 13.4. The van der Waals surface area contributed by atoms with E-state index in [9.17, 15) is 4.79 Å². The summed E-state index contributed by atoms with van der Waals surface area (Å²) in [6.07, 6.45) is 0. The van der Waals surface area contributed by atoms with Crippen molar-refractivity contribution in [2.24, 2.45) is 5.92 Å². The van der Waals surface area contributed by atoms with Crippen LogP contribution < -0.4 is 15.4 Å². The van der Waals surface area contributed by atoms with E-state index < -0.39 is 0 Å². The Hall–Kier alpha value is -1.23. The molecule has 0 heterocycles. The van der Waals surface area contributed by atoms with Crippen LogP contribution in [0.3, 0.4) is 0 Å². The van der Waals surface area contributed by atoms with Crippen LogP contribution in [0.15, 0.2) is 22.7 Å². The summed E-state index contributed by atoms with van der Waals surface area (Å²) in [6.45, 7) is 6.66. The van der Waals surface area contributed by atoms with Crippen LogP contribution in [-0.4, -0.2) is 25.6 Å². The lowest BCUT2D eigenvalue weighted by Crippen LogP contribution is -2.39. The fraction of sp³-hybridized carbons (Fsp3) is 0.500. The van der Waals surface area contributed by atoms with Gasteiger partial charge < -0.3 is 15.4 Å². The summed E-state index contributed by atoms with van der Waals surface area (Å²) < 4.78 is 6.11. The Morgan fingerprint density at radius 3 is 2.63 bits per heavy atom. The smallest absolute Gasteiger partial charge is 0.242 e. The van der Waals surface area contributed by atoms with E-state index in [1.54, 1.807) is 7.11 Å². The van der Waals surface area contributed by atoms with E-state index in [4.69, 9.17) is 4.74 Å². The maximum absolute atomic E-state index is 11.9. The van der Waals surface area contributed by atoms with E-state index in [1.165, 1.54) is 0 Å². The maximum atomic E-state index is 11.9. The lowest BCUT2D eigenvalue weighted by Gasteiger charge is -2.17. The van der Waals surface area contributed by atoms with Crippen LogP contribution in [-0.2, 0) is 4.79 Å². The van der Waals surface area contributed by atoms with Gasteiger partial charge in [0.05, 0.1) is 11.6 Å². The summed E-state index contributed by atoms with van der Waals surface area (Å²) >= 11 is 3.39. The van der Waals surface area contributed by atoms with Crippen molar-refractivity contribution in [2.45, 2.75) is 26.8 Å². The molecule has 0 saturated heterocycles. The van der Waals surface area contributed by atoms with E-state index in [0.717, 1.165) is 15.9 Å². The monoisotopic (exact) mass is 328 g/mol. The molecule has 0 aliphatic heterocycles. The first-order valence-electron chi connectivity index (χ1n) is 6.31. The molecule has 1 rings (SSSR count). The highest BCUT2D eigenvalue weighted by molar-refractivity contribution is 9.10. The van der Waals surface area contributed by atoms with E-state index >= 15 is 0 Å². The van der Waals surface area contributed by atoms with Crippen LogP contribution in [0.1, 0.15) is 20.8 Å². The molecule has 1 aromatic carbocycles. The van der Waals surface area contributed by atoms with Crippen LogP contribution in [0, 0.1) is 5.92 Å². The molecule has 0 aliphatic carbocycles. The molecule has 0 aliphatic rings. The Morgan fingerprint density at radius 2 is 2.05 bits per heavy atom. The fourth-order valence-corrected chi connectivity index (χ4v) is 1.93. The molecule has 19 heavy (non-hydrogen) atoms. The number of benzene rings is 1. The van der Waals surface area contributed by atoms with Gasteiger partial charge in [0, 0.05) is 18.3 Å². The summed E-state index contributed by atoms with van der Waals surface area (Å²) in [6, 6.07) is 5.36. The van der Waals surface area contributed by atoms with Crippen molar-refractivity contribution in [3.8, 4) is 5.75 Å². The summed E-state index contributed by atoms with van der Waals surface area (Å²) in [7, 11) is 1.61. The molecule has 1 atom stereocenters. The average Bonchev–Trinajstić information content (AvgIpc) is 2.37. The molecule has 0 bridgehead atoms. The number of anilines is 1. The lowest BCUT2D eigenvalue weighted by molar-refractivity contribution is -0.121. The summed E-state index contributed by atoms with van der Waals surface area (Å²) in [4.78, 5) is 11.9. The fourth-order valence-electron chi connectivity index (χ4n) is 1.52. The molecule has 106 valence electrons. The van der Waals surface area contributed by atoms with Crippen molar-refractivity contribution < 1.29 is 9.53 Å². The van der Waals surface area contributed by atoms with Gasteiger partial charge in [0.25, 0.3) is 0 Å². The third-order valence-electron chi connectivity index (χ3n) is 2.61. The molecule has 0 fully saturated rings. The van der Waals surface area contributed by atoms with Gasteiger partial charge >= 0.3 is 0 Å². The molecule has 0 saturated carbocycles. The quantitative estimate of drug-likeness (QED) is 0.843. The Bertz CT molecular complexity index is 435. The van der Waals surface area contributed by atoms with Crippen molar-refractivity contribution in [2.75, 3.05) is 19.0 Å². The van der Waals surface area contributed by atoms with Crippen molar-refractivity contribution in [1.29, 1.82) is 0 Å². The van der Waals surface area contributed by atoms with Gasteiger partial charge in [-0.3, -0.25) is 4.79 Å². The number of carbonyl (C=O) groups is 1. The van der Waals surface area contributed by atoms with E-state index in [-0.39, 0.29) is 11.9 Å². The van der Waals surface area contributed by atoms with Gasteiger partial charge in [0.15, 0.2) is 0 Å². The van der Waals surface area contributed by atoms with Gasteiger partial charge in [0.2, 0.25) is 5.91 Å². The average molecular weight is 329 g/mol. The third-order valence-corrected chi connectivity index (χ3v) is 3.27. The minimum absolute atomic E-state index is 0.00409. The second kappa shape index (κ2) is 7.38. The van der Waals surface area contributed by atoms with Gasteiger partial charge in [-0.25, -0.2) is 0 Å². The first-order valence-corrected chi connectivity index (χ1v) is 7.11. The van der Waals surface area contributed by atoms with Gasteiger partial charge in [-0.1, -0.05) is 13.8 Å². The Kier molecular flexibility index (Phi) is 6.15. The highest BCUT2D eigenvalue weighted by Gasteiger charge is 2.13. The van der Waals surface area contributed by atoms with Crippen molar-refractivity contribution in [3.05, 3.63) is 22.7 Å². The Balaban J connectivity index is 2.61. The van der Waals surface area contributed by atoms with Gasteiger partial charge in [-0.2, -0.15) is 0 Å². The second-order valence-electron chi connectivity index (χ2n) is 4.85. The largest absolute Gasteiger partial charge is 0.495 e. The molecule has 2 N–H and O–H groups in total. The third kappa shape index (κ3) is 5.11. The first kappa shape index (κ1) is 15.8. The van der Waals surface area contributed by atoms with Crippen molar-refractivity contribution >= 4 is 27.5 Å². The predicted octanol–water partition coefficient (Wildman–Crippen LogP) is 3.03. The zero-order valence-electron chi connectivity index (χ0n) is 11.8. The molecule has 5 heteroatoms. The molecule has 1 aromatic rings. The number of hydrogen-bond donors (Lipinski definition) is 2. The summed E-state index contributed by atoms with van der Waals surface area (Å²) in [5, 5.41) is 6.05. The standard InChI is InChI=1S/C14H21BrN2O2/c1-9(2)8-16-14(18)10(3)17-11-5-6-12(15)13(7-11)19-4/h5-7,9-10,17H,8H2,1-4H3,(H,16,18). The molecule has 0 aromatic heterocycles. The van der Waals surface area contributed by atoms with E-state index in [2.05, 4.69) is 40.4 Å². The lowest BCUT2D eigenvalue weighted by atomic mass is 10.2. The number of rotatable bonds is 6. The van der Waals surface area contributed by atoms with Crippen LogP contribution in [0.5, 0.6) is 5.75 Å². The number of ether oxygens (including phenoxy) is 1. The van der Waals surface area contributed by atoms with Gasteiger partial charge in [-0.05, 0) is 40.9 Å².